The van der Waals surface area contributed by atoms with Crippen LogP contribution in [0, 0.1) is 6.92 Å². The van der Waals surface area contributed by atoms with Crippen LogP contribution in [0.2, 0.25) is 0 Å². The smallest absolute Gasteiger partial charge is 0.0197 e. The normalized spacial score (nSPS) is 14.9. The van der Waals surface area contributed by atoms with Gasteiger partial charge in [0, 0.05) is 16.3 Å². The van der Waals surface area contributed by atoms with Crippen LogP contribution >= 0.6 is 11.8 Å². The first-order chi connectivity index (χ1) is 9.83. The van der Waals surface area contributed by atoms with Crippen molar-refractivity contribution >= 4 is 17.3 Å². The minimum absolute atomic E-state index is 0.985. The Morgan fingerprint density at radius 1 is 1.05 bits per heavy atom. The second kappa shape index (κ2) is 6.29. The van der Waals surface area contributed by atoms with Crippen molar-refractivity contribution in [3.8, 4) is 0 Å². The molecule has 2 heteroatoms. The first kappa shape index (κ1) is 13.5. The third-order valence-electron chi connectivity index (χ3n) is 3.52. The molecule has 1 N–H and O–H groups in total. The lowest BCUT2D eigenvalue weighted by molar-refractivity contribution is 0.737. The van der Waals surface area contributed by atoms with Crippen LogP contribution < -0.4 is 5.32 Å². The van der Waals surface area contributed by atoms with E-state index >= 15 is 0 Å². The van der Waals surface area contributed by atoms with Gasteiger partial charge in [-0.05, 0) is 49.2 Å². The average Bonchev–Trinajstić information content (AvgIpc) is 2.51. The Morgan fingerprint density at radius 3 is 2.65 bits per heavy atom. The van der Waals surface area contributed by atoms with Crippen molar-refractivity contribution in [3.63, 3.8) is 0 Å². The molecule has 0 saturated carbocycles. The highest BCUT2D eigenvalue weighted by Gasteiger charge is 2.11. The number of hydrogen-bond acceptors (Lipinski definition) is 2. The fourth-order valence-electron chi connectivity index (χ4n) is 2.47. The standard InChI is InChI=1S/C18H19NS/c1-14-7-8-18(20-16-5-3-2-4-6-16)17(13-14)15-9-11-19-12-10-15/h2-9,13,19H,10-12H2,1H3. The summed E-state index contributed by atoms with van der Waals surface area (Å²) in [7, 11) is 0. The van der Waals surface area contributed by atoms with Crippen molar-refractivity contribution in [1.82, 2.24) is 5.32 Å². The van der Waals surface area contributed by atoms with Crippen molar-refractivity contribution in [2.75, 3.05) is 13.1 Å². The van der Waals surface area contributed by atoms with Crippen molar-refractivity contribution in [1.29, 1.82) is 0 Å². The van der Waals surface area contributed by atoms with Gasteiger partial charge in [-0.1, -0.05) is 53.7 Å². The third kappa shape index (κ3) is 3.14. The fraction of sp³-hybridized carbons (Fsp3) is 0.222. The minimum atomic E-state index is 0.985. The Bertz CT molecular complexity index is 617. The van der Waals surface area contributed by atoms with Crippen LogP contribution in [0.5, 0.6) is 0 Å². The highest BCUT2D eigenvalue weighted by atomic mass is 32.2. The lowest BCUT2D eigenvalue weighted by Gasteiger charge is -2.18. The van der Waals surface area contributed by atoms with Gasteiger partial charge < -0.3 is 5.32 Å². The summed E-state index contributed by atoms with van der Waals surface area (Å²) in [4.78, 5) is 2.65. The molecule has 0 aromatic heterocycles. The molecule has 0 saturated heterocycles. The molecule has 0 amide bonds. The van der Waals surface area contributed by atoms with Gasteiger partial charge in [-0.3, -0.25) is 0 Å². The molecule has 20 heavy (non-hydrogen) atoms. The number of hydrogen-bond donors (Lipinski definition) is 1. The summed E-state index contributed by atoms with van der Waals surface area (Å²) in [5.74, 6) is 0. The first-order valence-corrected chi connectivity index (χ1v) is 7.88. The SMILES string of the molecule is Cc1ccc(Sc2ccccc2)c(C2=CCNCC2)c1. The molecule has 0 atom stereocenters. The van der Waals surface area contributed by atoms with E-state index in [2.05, 4.69) is 66.8 Å². The fourth-order valence-corrected chi connectivity index (χ4v) is 3.45. The van der Waals surface area contributed by atoms with Crippen LogP contribution in [0.3, 0.4) is 0 Å². The van der Waals surface area contributed by atoms with Gasteiger partial charge in [0.25, 0.3) is 0 Å². The van der Waals surface area contributed by atoms with Crippen molar-refractivity contribution < 1.29 is 0 Å². The molecule has 3 rings (SSSR count). The molecular formula is C18H19NS. The lowest BCUT2D eigenvalue weighted by atomic mass is 9.99. The third-order valence-corrected chi connectivity index (χ3v) is 4.60. The predicted octanol–water partition coefficient (Wildman–Crippen LogP) is 4.52. The van der Waals surface area contributed by atoms with E-state index in [9.17, 15) is 0 Å². The number of benzene rings is 2. The maximum Gasteiger partial charge on any atom is 0.0197 e. The van der Waals surface area contributed by atoms with Gasteiger partial charge in [0.1, 0.15) is 0 Å². The van der Waals surface area contributed by atoms with Crippen LogP contribution in [-0.4, -0.2) is 13.1 Å². The molecule has 2 aromatic rings. The Kier molecular flexibility index (Phi) is 4.24. The quantitative estimate of drug-likeness (QED) is 0.887. The Hall–Kier alpha value is -1.51. The highest BCUT2D eigenvalue weighted by molar-refractivity contribution is 7.99. The van der Waals surface area contributed by atoms with E-state index in [1.807, 2.05) is 11.8 Å². The molecule has 0 spiro atoms. The van der Waals surface area contributed by atoms with Crippen LogP contribution in [0.4, 0.5) is 0 Å². The van der Waals surface area contributed by atoms with E-state index in [0.29, 0.717) is 0 Å². The summed E-state index contributed by atoms with van der Waals surface area (Å²) in [6, 6.07) is 17.4. The lowest BCUT2D eigenvalue weighted by Crippen LogP contribution is -2.20. The molecule has 1 aliphatic heterocycles. The van der Waals surface area contributed by atoms with E-state index < -0.39 is 0 Å². The molecule has 1 heterocycles. The zero-order valence-electron chi connectivity index (χ0n) is 11.7. The topological polar surface area (TPSA) is 12.0 Å². The molecule has 1 nitrogen and oxygen atoms in total. The highest BCUT2D eigenvalue weighted by Crippen LogP contribution is 2.35. The van der Waals surface area contributed by atoms with Crippen LogP contribution in [0.1, 0.15) is 17.5 Å². The number of rotatable bonds is 3. The second-order valence-electron chi connectivity index (χ2n) is 5.10. The van der Waals surface area contributed by atoms with E-state index in [4.69, 9.17) is 0 Å². The summed E-state index contributed by atoms with van der Waals surface area (Å²) in [6.45, 7) is 4.23. The van der Waals surface area contributed by atoms with Gasteiger partial charge in [-0.15, -0.1) is 0 Å². The van der Waals surface area contributed by atoms with E-state index in [0.717, 1.165) is 19.5 Å². The Balaban J connectivity index is 1.96. The molecule has 0 unspecified atom stereocenters. The van der Waals surface area contributed by atoms with Crippen molar-refractivity contribution in [2.45, 2.75) is 23.1 Å². The molecule has 0 bridgehead atoms. The summed E-state index contributed by atoms with van der Waals surface area (Å²) in [6.07, 6.45) is 3.44. The monoisotopic (exact) mass is 281 g/mol. The van der Waals surface area contributed by atoms with Crippen LogP contribution in [0.15, 0.2) is 64.4 Å². The molecule has 0 aliphatic carbocycles. The molecule has 102 valence electrons. The summed E-state index contributed by atoms with van der Waals surface area (Å²) >= 11 is 1.86. The van der Waals surface area contributed by atoms with Gasteiger partial charge in [-0.25, -0.2) is 0 Å². The molecule has 0 radical (unpaired) electrons. The van der Waals surface area contributed by atoms with Gasteiger partial charge in [0.05, 0.1) is 0 Å². The summed E-state index contributed by atoms with van der Waals surface area (Å²) < 4.78 is 0. The van der Waals surface area contributed by atoms with Gasteiger partial charge in [0.15, 0.2) is 0 Å². The van der Waals surface area contributed by atoms with Crippen molar-refractivity contribution in [2.24, 2.45) is 0 Å². The molecular weight excluding hydrogens is 262 g/mol. The molecule has 2 aromatic carbocycles. The van der Waals surface area contributed by atoms with Gasteiger partial charge >= 0.3 is 0 Å². The maximum absolute atomic E-state index is 3.39. The molecule has 0 fully saturated rings. The first-order valence-electron chi connectivity index (χ1n) is 7.06. The van der Waals surface area contributed by atoms with E-state index in [-0.39, 0.29) is 0 Å². The van der Waals surface area contributed by atoms with Crippen molar-refractivity contribution in [3.05, 3.63) is 65.7 Å². The number of nitrogens with one attached hydrogen (secondary N) is 1. The zero-order valence-corrected chi connectivity index (χ0v) is 12.5. The predicted molar refractivity (Wildman–Crippen MR) is 87.2 cm³/mol. The second-order valence-corrected chi connectivity index (χ2v) is 6.21. The summed E-state index contributed by atoms with van der Waals surface area (Å²) in [5, 5.41) is 3.39. The minimum Gasteiger partial charge on any atom is -0.313 e. The average molecular weight is 281 g/mol. The van der Waals surface area contributed by atoms with Gasteiger partial charge in [0.2, 0.25) is 0 Å². The van der Waals surface area contributed by atoms with E-state index in [1.54, 1.807) is 0 Å². The Morgan fingerprint density at radius 2 is 1.90 bits per heavy atom. The summed E-state index contributed by atoms with van der Waals surface area (Å²) in [5.41, 5.74) is 4.21. The maximum atomic E-state index is 3.39. The number of aryl methyl sites for hydroxylation is 1. The zero-order chi connectivity index (χ0) is 13.8. The largest absolute Gasteiger partial charge is 0.313 e. The van der Waals surface area contributed by atoms with E-state index in [1.165, 1.54) is 26.5 Å². The Labute approximate surface area is 125 Å². The van der Waals surface area contributed by atoms with Crippen LogP contribution in [-0.2, 0) is 0 Å². The molecule has 1 aliphatic rings. The van der Waals surface area contributed by atoms with Gasteiger partial charge in [-0.2, -0.15) is 0 Å². The van der Waals surface area contributed by atoms with Crippen LogP contribution in [0.25, 0.3) is 5.57 Å².